The summed E-state index contributed by atoms with van der Waals surface area (Å²) in [6.07, 6.45) is 0. The van der Waals surface area contributed by atoms with E-state index in [4.69, 9.17) is 0 Å². The first-order chi connectivity index (χ1) is 13.0. The number of carbonyl (C=O) groups is 1. The van der Waals surface area contributed by atoms with Crippen LogP contribution in [0, 0.1) is 10.1 Å². The predicted molar refractivity (Wildman–Crippen MR) is 109 cm³/mol. The zero-order valence-electron chi connectivity index (χ0n) is 15.3. The number of benzene rings is 2. The van der Waals surface area contributed by atoms with E-state index in [1.165, 1.54) is 23.5 Å². The lowest BCUT2D eigenvalue weighted by atomic mass is 10.2. The third-order valence-electron chi connectivity index (χ3n) is 4.42. The Morgan fingerprint density at radius 2 is 1.93 bits per heavy atom. The first-order valence-corrected chi connectivity index (χ1v) is 9.62. The van der Waals surface area contributed by atoms with Gasteiger partial charge in [-0.1, -0.05) is 26.0 Å². The van der Waals surface area contributed by atoms with Gasteiger partial charge in [0.15, 0.2) is 0 Å². The molecule has 0 fully saturated rings. The van der Waals surface area contributed by atoms with Gasteiger partial charge >= 0.3 is 0 Å². The van der Waals surface area contributed by atoms with E-state index in [2.05, 4.69) is 24.1 Å². The topological polar surface area (TPSA) is 75.5 Å². The second kappa shape index (κ2) is 8.28. The number of thiophene rings is 1. The molecule has 0 saturated heterocycles. The van der Waals surface area contributed by atoms with Crippen molar-refractivity contribution in [3.8, 4) is 0 Å². The lowest BCUT2D eigenvalue weighted by molar-refractivity contribution is -0.384. The Kier molecular flexibility index (Phi) is 5.83. The van der Waals surface area contributed by atoms with Crippen molar-refractivity contribution in [2.24, 2.45) is 0 Å². The fraction of sp³-hybridized carbons (Fsp3) is 0.250. The first-order valence-electron chi connectivity index (χ1n) is 8.80. The van der Waals surface area contributed by atoms with Gasteiger partial charge in [-0.3, -0.25) is 19.8 Å². The Hall–Kier alpha value is -2.77. The van der Waals surface area contributed by atoms with Crippen molar-refractivity contribution in [2.75, 3.05) is 18.4 Å². The standard InChI is InChI=1S/C20H21N3O3S/c1-3-22(4-2)13-14-6-5-7-16(10-14)21-20(24)19-12-15-11-17(23(25)26)8-9-18(15)27-19/h5-12H,3-4,13H2,1-2H3,(H,21,24). The second-order valence-corrected chi connectivity index (χ2v) is 7.29. The highest BCUT2D eigenvalue weighted by Crippen LogP contribution is 2.29. The molecule has 1 aromatic heterocycles. The lowest BCUT2D eigenvalue weighted by Gasteiger charge is -2.18. The number of nitro groups is 1. The molecular weight excluding hydrogens is 362 g/mol. The Balaban J connectivity index is 1.77. The average Bonchev–Trinajstić information content (AvgIpc) is 3.10. The summed E-state index contributed by atoms with van der Waals surface area (Å²) in [7, 11) is 0. The quantitative estimate of drug-likeness (QED) is 0.465. The van der Waals surface area contributed by atoms with Gasteiger partial charge in [0.05, 0.1) is 9.80 Å². The number of amides is 1. The number of nitrogens with one attached hydrogen (secondary N) is 1. The van der Waals surface area contributed by atoms with E-state index in [1.54, 1.807) is 12.1 Å². The van der Waals surface area contributed by atoms with Crippen LogP contribution in [0.4, 0.5) is 11.4 Å². The van der Waals surface area contributed by atoms with Crippen LogP contribution in [0.5, 0.6) is 0 Å². The van der Waals surface area contributed by atoms with E-state index in [0.717, 1.165) is 35.6 Å². The zero-order chi connectivity index (χ0) is 19.4. The number of non-ortho nitro benzene ring substituents is 1. The zero-order valence-corrected chi connectivity index (χ0v) is 16.1. The molecule has 0 saturated carbocycles. The van der Waals surface area contributed by atoms with Gasteiger partial charge < -0.3 is 5.32 Å². The molecule has 0 aliphatic carbocycles. The highest BCUT2D eigenvalue weighted by molar-refractivity contribution is 7.20. The van der Waals surface area contributed by atoms with Gasteiger partial charge in [0, 0.05) is 34.5 Å². The molecule has 1 N–H and O–H groups in total. The minimum absolute atomic E-state index is 0.0244. The maximum Gasteiger partial charge on any atom is 0.270 e. The minimum atomic E-state index is -0.432. The summed E-state index contributed by atoms with van der Waals surface area (Å²) >= 11 is 1.32. The molecule has 140 valence electrons. The number of hydrogen-bond acceptors (Lipinski definition) is 5. The van der Waals surface area contributed by atoms with Crippen LogP contribution < -0.4 is 5.32 Å². The normalized spacial score (nSPS) is 11.1. The molecule has 1 amide bonds. The van der Waals surface area contributed by atoms with Crippen molar-refractivity contribution in [2.45, 2.75) is 20.4 Å². The summed E-state index contributed by atoms with van der Waals surface area (Å²) in [5, 5.41) is 14.5. The Bertz CT molecular complexity index is 980. The average molecular weight is 383 g/mol. The highest BCUT2D eigenvalue weighted by Gasteiger charge is 2.14. The van der Waals surface area contributed by atoms with E-state index in [-0.39, 0.29) is 11.6 Å². The Labute approximate surface area is 161 Å². The van der Waals surface area contributed by atoms with Crippen molar-refractivity contribution in [1.29, 1.82) is 0 Å². The van der Waals surface area contributed by atoms with Crippen LogP contribution in [-0.4, -0.2) is 28.8 Å². The number of nitrogens with zero attached hydrogens (tertiary/aromatic N) is 2. The number of carbonyl (C=O) groups excluding carboxylic acids is 1. The molecule has 1 heterocycles. The molecule has 0 aliphatic heterocycles. The van der Waals surface area contributed by atoms with Gasteiger partial charge in [0.1, 0.15) is 0 Å². The molecule has 0 radical (unpaired) electrons. The van der Waals surface area contributed by atoms with Gasteiger partial charge in [0.25, 0.3) is 11.6 Å². The second-order valence-electron chi connectivity index (χ2n) is 6.21. The van der Waals surface area contributed by atoms with E-state index < -0.39 is 4.92 Å². The lowest BCUT2D eigenvalue weighted by Crippen LogP contribution is -2.22. The smallest absolute Gasteiger partial charge is 0.270 e. The summed E-state index contributed by atoms with van der Waals surface area (Å²) < 4.78 is 0.848. The molecule has 3 aromatic rings. The fourth-order valence-corrected chi connectivity index (χ4v) is 3.84. The molecule has 6 nitrogen and oxygen atoms in total. The number of anilines is 1. The van der Waals surface area contributed by atoms with E-state index in [1.807, 2.05) is 24.3 Å². The number of fused-ring (bicyclic) bond motifs is 1. The molecule has 0 atom stereocenters. The van der Waals surface area contributed by atoms with Crippen LogP contribution in [0.25, 0.3) is 10.1 Å². The van der Waals surface area contributed by atoms with Gasteiger partial charge in [-0.15, -0.1) is 11.3 Å². The van der Waals surface area contributed by atoms with Crippen LogP contribution in [0.15, 0.2) is 48.5 Å². The minimum Gasteiger partial charge on any atom is -0.321 e. The maximum atomic E-state index is 12.6. The molecular formula is C20H21N3O3S. The van der Waals surface area contributed by atoms with E-state index in [9.17, 15) is 14.9 Å². The van der Waals surface area contributed by atoms with Crippen molar-refractivity contribution in [1.82, 2.24) is 4.90 Å². The molecule has 0 unspecified atom stereocenters. The van der Waals surface area contributed by atoms with Crippen LogP contribution in [0.1, 0.15) is 29.1 Å². The summed E-state index contributed by atoms with van der Waals surface area (Å²) in [4.78, 5) is 25.9. The third kappa shape index (κ3) is 4.50. The molecule has 0 spiro atoms. The third-order valence-corrected chi connectivity index (χ3v) is 5.53. The first kappa shape index (κ1) is 19.0. The van der Waals surface area contributed by atoms with Crippen molar-refractivity contribution < 1.29 is 9.72 Å². The Morgan fingerprint density at radius 1 is 1.15 bits per heavy atom. The summed E-state index contributed by atoms with van der Waals surface area (Å²) in [5.41, 5.74) is 1.91. The van der Waals surface area contributed by atoms with Gasteiger partial charge in [-0.05, 0) is 42.9 Å². The molecule has 27 heavy (non-hydrogen) atoms. The van der Waals surface area contributed by atoms with Crippen LogP contribution in [-0.2, 0) is 6.54 Å². The van der Waals surface area contributed by atoms with Gasteiger partial charge in [-0.25, -0.2) is 0 Å². The molecule has 3 rings (SSSR count). The van der Waals surface area contributed by atoms with Gasteiger partial charge in [-0.2, -0.15) is 0 Å². The molecule has 0 bridgehead atoms. The molecule has 2 aromatic carbocycles. The van der Waals surface area contributed by atoms with Crippen molar-refractivity contribution >= 4 is 38.7 Å². The van der Waals surface area contributed by atoms with E-state index >= 15 is 0 Å². The summed E-state index contributed by atoms with van der Waals surface area (Å²) in [6, 6.07) is 14.2. The molecule has 0 aliphatic rings. The van der Waals surface area contributed by atoms with Crippen LogP contribution >= 0.6 is 11.3 Å². The van der Waals surface area contributed by atoms with Crippen molar-refractivity contribution in [3.05, 3.63) is 69.1 Å². The number of rotatable bonds is 7. The number of nitro benzene ring substituents is 1. The highest BCUT2D eigenvalue weighted by atomic mass is 32.1. The summed E-state index contributed by atoms with van der Waals surface area (Å²) in [5.74, 6) is -0.209. The number of hydrogen-bond donors (Lipinski definition) is 1. The van der Waals surface area contributed by atoms with Crippen LogP contribution in [0.2, 0.25) is 0 Å². The monoisotopic (exact) mass is 383 g/mol. The Morgan fingerprint density at radius 3 is 2.63 bits per heavy atom. The van der Waals surface area contributed by atoms with Gasteiger partial charge in [0.2, 0.25) is 0 Å². The largest absolute Gasteiger partial charge is 0.321 e. The van der Waals surface area contributed by atoms with E-state index in [0.29, 0.717) is 10.3 Å². The molecule has 7 heteroatoms. The predicted octanol–water partition coefficient (Wildman–Crippen LogP) is 4.90. The summed E-state index contributed by atoms with van der Waals surface area (Å²) in [6.45, 7) is 7.03. The maximum absolute atomic E-state index is 12.6. The fourth-order valence-electron chi connectivity index (χ4n) is 2.90. The van der Waals surface area contributed by atoms with Crippen molar-refractivity contribution in [3.63, 3.8) is 0 Å². The SMILES string of the molecule is CCN(CC)Cc1cccc(NC(=O)c2cc3cc([N+](=O)[O-])ccc3s2)c1. The van der Waals surface area contributed by atoms with Crippen LogP contribution in [0.3, 0.4) is 0 Å².